The monoisotopic (exact) mass is 600 g/mol. The highest BCUT2D eigenvalue weighted by molar-refractivity contribution is 9.10. The molecule has 2 aromatic carbocycles. The molecule has 37 heavy (non-hydrogen) atoms. The standard InChI is InChI=1S/C24H19BrCl2N8O2/c1-13(29-24(36)23-30-14(2)35(32-23)22-17(26)7-4-8-18(22)27)19-11-34(33-31-19)12-21-28-10-20(37-21)15-5-3-6-16(25)9-15/h3-11,13H,12H2,1-2H3,(H,29,36). The zero-order chi connectivity index (χ0) is 26.1. The van der Waals surface area contributed by atoms with E-state index in [-0.39, 0.29) is 12.4 Å². The van der Waals surface area contributed by atoms with Gasteiger partial charge in [-0.15, -0.1) is 10.2 Å². The van der Waals surface area contributed by atoms with Crippen LogP contribution in [0.3, 0.4) is 0 Å². The molecule has 1 amide bonds. The predicted octanol–water partition coefficient (Wildman–Crippen LogP) is 5.43. The van der Waals surface area contributed by atoms with Crippen molar-refractivity contribution in [2.45, 2.75) is 26.4 Å². The number of carbonyl (C=O) groups excluding carboxylic acids is 1. The van der Waals surface area contributed by atoms with Crippen LogP contribution in [0.5, 0.6) is 0 Å². The second kappa shape index (κ2) is 10.4. The molecule has 1 N–H and O–H groups in total. The number of nitrogens with zero attached hydrogens (tertiary/aromatic N) is 7. The van der Waals surface area contributed by atoms with Gasteiger partial charge in [0.15, 0.2) is 5.76 Å². The Morgan fingerprint density at radius 3 is 2.70 bits per heavy atom. The molecule has 0 saturated heterocycles. The minimum atomic E-state index is -0.474. The first-order valence-corrected chi connectivity index (χ1v) is 12.6. The minimum Gasteiger partial charge on any atom is -0.439 e. The normalized spacial score (nSPS) is 12.0. The second-order valence-corrected chi connectivity index (χ2v) is 9.86. The van der Waals surface area contributed by atoms with Crippen LogP contribution in [0.15, 0.2) is 63.7 Å². The fraction of sp³-hybridized carbons (Fsp3) is 0.167. The maximum atomic E-state index is 12.9. The Morgan fingerprint density at radius 2 is 1.95 bits per heavy atom. The van der Waals surface area contributed by atoms with Gasteiger partial charge in [0.05, 0.1) is 28.5 Å². The van der Waals surface area contributed by atoms with Gasteiger partial charge in [0.2, 0.25) is 11.7 Å². The Balaban J connectivity index is 1.26. The summed E-state index contributed by atoms with van der Waals surface area (Å²) in [4.78, 5) is 21.5. The molecule has 0 aliphatic carbocycles. The predicted molar refractivity (Wildman–Crippen MR) is 141 cm³/mol. The zero-order valence-electron chi connectivity index (χ0n) is 19.6. The average Bonchev–Trinajstić information content (AvgIpc) is 3.60. The Morgan fingerprint density at radius 1 is 1.19 bits per heavy atom. The number of oxazole rings is 1. The van der Waals surface area contributed by atoms with Crippen molar-refractivity contribution in [3.8, 4) is 17.0 Å². The van der Waals surface area contributed by atoms with Crippen molar-refractivity contribution in [1.82, 2.24) is 40.1 Å². The van der Waals surface area contributed by atoms with Gasteiger partial charge in [-0.05, 0) is 38.1 Å². The third kappa shape index (κ3) is 5.43. The van der Waals surface area contributed by atoms with Crippen LogP contribution in [-0.2, 0) is 6.54 Å². The van der Waals surface area contributed by atoms with Crippen molar-refractivity contribution in [2.24, 2.45) is 0 Å². The van der Waals surface area contributed by atoms with E-state index in [1.165, 1.54) is 4.68 Å². The number of halogens is 3. The van der Waals surface area contributed by atoms with Gasteiger partial charge < -0.3 is 9.73 Å². The lowest BCUT2D eigenvalue weighted by Gasteiger charge is -2.09. The van der Waals surface area contributed by atoms with Gasteiger partial charge in [-0.3, -0.25) is 4.79 Å². The molecule has 1 atom stereocenters. The van der Waals surface area contributed by atoms with Crippen LogP contribution in [0.25, 0.3) is 17.0 Å². The number of para-hydroxylation sites is 1. The topological polar surface area (TPSA) is 117 Å². The fourth-order valence-corrected chi connectivity index (χ4v) is 4.57. The summed E-state index contributed by atoms with van der Waals surface area (Å²) in [7, 11) is 0. The fourth-order valence-electron chi connectivity index (χ4n) is 3.61. The molecule has 5 aromatic rings. The van der Waals surface area contributed by atoms with Gasteiger partial charge in [0.25, 0.3) is 5.91 Å². The lowest BCUT2D eigenvalue weighted by Crippen LogP contribution is -2.28. The molecule has 188 valence electrons. The van der Waals surface area contributed by atoms with Crippen LogP contribution in [-0.4, -0.2) is 40.6 Å². The molecule has 1 unspecified atom stereocenters. The summed E-state index contributed by atoms with van der Waals surface area (Å²) in [5.41, 5.74) is 1.92. The molecule has 10 nitrogen and oxygen atoms in total. The smallest absolute Gasteiger partial charge is 0.291 e. The number of nitrogens with one attached hydrogen (secondary N) is 1. The second-order valence-electron chi connectivity index (χ2n) is 8.13. The van der Waals surface area contributed by atoms with E-state index in [1.807, 2.05) is 24.3 Å². The van der Waals surface area contributed by atoms with Gasteiger partial charge in [-0.25, -0.2) is 19.3 Å². The molecule has 13 heteroatoms. The van der Waals surface area contributed by atoms with E-state index in [9.17, 15) is 4.79 Å². The molecule has 0 bridgehead atoms. The molecule has 0 spiro atoms. The van der Waals surface area contributed by atoms with Gasteiger partial charge in [0, 0.05) is 10.0 Å². The first kappa shape index (κ1) is 25.1. The summed E-state index contributed by atoms with van der Waals surface area (Å²) in [5, 5.41) is 16.2. The summed E-state index contributed by atoms with van der Waals surface area (Å²) >= 11 is 16.0. The van der Waals surface area contributed by atoms with E-state index in [0.29, 0.717) is 38.9 Å². The van der Waals surface area contributed by atoms with E-state index < -0.39 is 11.9 Å². The number of benzene rings is 2. The maximum Gasteiger partial charge on any atom is 0.291 e. The summed E-state index contributed by atoms with van der Waals surface area (Å²) in [5.74, 6) is 1.10. The van der Waals surface area contributed by atoms with Gasteiger partial charge >= 0.3 is 0 Å². The molecule has 0 aliphatic rings. The van der Waals surface area contributed by atoms with Crippen LogP contribution in [0.4, 0.5) is 0 Å². The van der Waals surface area contributed by atoms with E-state index >= 15 is 0 Å². The number of rotatable bonds is 7. The van der Waals surface area contributed by atoms with Crippen molar-refractivity contribution < 1.29 is 9.21 Å². The van der Waals surface area contributed by atoms with Gasteiger partial charge in [-0.1, -0.05) is 62.5 Å². The van der Waals surface area contributed by atoms with Crippen molar-refractivity contribution in [1.29, 1.82) is 0 Å². The minimum absolute atomic E-state index is 0.0207. The van der Waals surface area contributed by atoms with Gasteiger partial charge in [0.1, 0.15) is 23.8 Å². The van der Waals surface area contributed by atoms with Crippen LogP contribution in [0.2, 0.25) is 10.0 Å². The molecule has 0 fully saturated rings. The van der Waals surface area contributed by atoms with Crippen molar-refractivity contribution in [3.63, 3.8) is 0 Å². The first-order chi connectivity index (χ1) is 17.8. The number of hydrogen-bond acceptors (Lipinski definition) is 7. The first-order valence-electron chi connectivity index (χ1n) is 11.1. The highest BCUT2D eigenvalue weighted by Gasteiger charge is 2.21. The SMILES string of the molecule is Cc1nc(C(=O)NC(C)c2cn(Cc3ncc(-c4cccc(Br)c4)o3)nn2)nn1-c1c(Cl)cccc1Cl. The van der Waals surface area contributed by atoms with Crippen LogP contribution in [0, 0.1) is 6.92 Å². The summed E-state index contributed by atoms with van der Waals surface area (Å²) < 4.78 is 9.84. The number of carbonyl (C=O) groups is 1. The largest absolute Gasteiger partial charge is 0.439 e. The Bertz CT molecular complexity index is 1570. The number of aryl methyl sites for hydroxylation is 1. The molecular formula is C24H19BrCl2N8O2. The average molecular weight is 602 g/mol. The molecular weight excluding hydrogens is 583 g/mol. The van der Waals surface area contributed by atoms with Crippen molar-refractivity contribution in [3.05, 3.63) is 92.6 Å². The Kier molecular flexibility index (Phi) is 7.09. The Hall–Kier alpha value is -3.54. The van der Waals surface area contributed by atoms with E-state index in [0.717, 1.165) is 10.0 Å². The van der Waals surface area contributed by atoms with Crippen molar-refractivity contribution >= 4 is 45.0 Å². The number of amides is 1. The third-order valence-electron chi connectivity index (χ3n) is 5.43. The van der Waals surface area contributed by atoms with Crippen LogP contribution >= 0.6 is 39.1 Å². The summed E-state index contributed by atoms with van der Waals surface area (Å²) in [6.07, 6.45) is 3.39. The van der Waals surface area contributed by atoms with E-state index in [2.05, 4.69) is 46.6 Å². The highest BCUT2D eigenvalue weighted by atomic mass is 79.9. The number of aromatic nitrogens is 7. The zero-order valence-corrected chi connectivity index (χ0v) is 22.7. The van der Waals surface area contributed by atoms with E-state index in [4.69, 9.17) is 27.6 Å². The molecule has 0 aliphatic heterocycles. The molecule has 5 rings (SSSR count). The molecule has 3 heterocycles. The van der Waals surface area contributed by atoms with Crippen LogP contribution in [0.1, 0.15) is 41.0 Å². The molecule has 0 saturated carbocycles. The maximum absolute atomic E-state index is 12.9. The molecule has 3 aromatic heterocycles. The summed E-state index contributed by atoms with van der Waals surface area (Å²) in [6, 6.07) is 12.4. The lowest BCUT2D eigenvalue weighted by molar-refractivity contribution is 0.0928. The van der Waals surface area contributed by atoms with Crippen molar-refractivity contribution in [2.75, 3.05) is 0 Å². The lowest BCUT2D eigenvalue weighted by atomic mass is 10.2. The number of hydrogen-bond donors (Lipinski definition) is 1. The summed E-state index contributed by atoms with van der Waals surface area (Å²) in [6.45, 7) is 3.78. The molecule has 0 radical (unpaired) electrons. The van der Waals surface area contributed by atoms with Crippen LogP contribution < -0.4 is 5.32 Å². The van der Waals surface area contributed by atoms with E-state index in [1.54, 1.807) is 49.1 Å². The highest BCUT2D eigenvalue weighted by Crippen LogP contribution is 2.28. The Labute approximate surface area is 229 Å². The third-order valence-corrected chi connectivity index (χ3v) is 6.53. The quantitative estimate of drug-likeness (QED) is 0.264. The van der Waals surface area contributed by atoms with Gasteiger partial charge in [-0.2, -0.15) is 0 Å².